The summed E-state index contributed by atoms with van der Waals surface area (Å²) in [6, 6.07) is 3.71. The Morgan fingerprint density at radius 3 is 2.44 bits per heavy atom. The van der Waals surface area contributed by atoms with Crippen LogP contribution in [0.1, 0.15) is 24.8 Å². The van der Waals surface area contributed by atoms with Gasteiger partial charge in [0.15, 0.2) is 0 Å². The molecular formula is C13H17ClO2. The van der Waals surface area contributed by atoms with E-state index in [-0.39, 0.29) is 0 Å². The van der Waals surface area contributed by atoms with Gasteiger partial charge < -0.3 is 9.47 Å². The largest absolute Gasteiger partial charge is 0.496 e. The van der Waals surface area contributed by atoms with Crippen molar-refractivity contribution in [2.45, 2.75) is 19.3 Å². The molecule has 0 amide bonds. The van der Waals surface area contributed by atoms with Gasteiger partial charge in [0.2, 0.25) is 0 Å². The molecule has 0 heterocycles. The average molecular weight is 241 g/mol. The Balaban J connectivity index is 3.17. The monoisotopic (exact) mass is 240 g/mol. The number of hydrogen-bond acceptors (Lipinski definition) is 2. The molecule has 0 aromatic heterocycles. The molecule has 0 fully saturated rings. The number of ether oxygens (including phenoxy) is 2. The third kappa shape index (κ3) is 2.70. The number of hydrogen-bond donors (Lipinski definition) is 0. The van der Waals surface area contributed by atoms with Crippen LogP contribution in [0.2, 0.25) is 5.02 Å². The van der Waals surface area contributed by atoms with Crippen molar-refractivity contribution in [3.05, 3.63) is 35.4 Å². The van der Waals surface area contributed by atoms with Gasteiger partial charge in [0.25, 0.3) is 0 Å². The fourth-order valence-corrected chi connectivity index (χ4v) is 1.89. The molecule has 88 valence electrons. The van der Waals surface area contributed by atoms with Crippen molar-refractivity contribution in [1.29, 1.82) is 0 Å². The number of rotatable bonds is 5. The van der Waals surface area contributed by atoms with Gasteiger partial charge in [-0.15, -0.1) is 6.58 Å². The van der Waals surface area contributed by atoms with E-state index in [2.05, 4.69) is 13.5 Å². The van der Waals surface area contributed by atoms with Crippen LogP contribution in [0.4, 0.5) is 0 Å². The Bertz CT molecular complexity index is 374. The van der Waals surface area contributed by atoms with Crippen molar-refractivity contribution >= 4 is 11.6 Å². The van der Waals surface area contributed by atoms with Crippen molar-refractivity contribution in [3.8, 4) is 11.5 Å². The second kappa shape index (κ2) is 5.80. The van der Waals surface area contributed by atoms with E-state index in [0.29, 0.717) is 16.7 Å². The van der Waals surface area contributed by atoms with Gasteiger partial charge in [0.1, 0.15) is 11.5 Å². The summed E-state index contributed by atoms with van der Waals surface area (Å²) in [6.45, 7) is 5.85. The lowest BCUT2D eigenvalue weighted by atomic mass is 9.96. The highest BCUT2D eigenvalue weighted by molar-refractivity contribution is 6.32. The molecule has 1 atom stereocenters. The van der Waals surface area contributed by atoms with Crippen LogP contribution < -0.4 is 9.47 Å². The van der Waals surface area contributed by atoms with E-state index >= 15 is 0 Å². The fourth-order valence-electron chi connectivity index (χ4n) is 1.65. The van der Waals surface area contributed by atoms with Gasteiger partial charge in [-0.25, -0.2) is 0 Å². The average Bonchev–Trinajstić information content (AvgIpc) is 2.29. The van der Waals surface area contributed by atoms with Crippen molar-refractivity contribution in [1.82, 2.24) is 0 Å². The lowest BCUT2D eigenvalue weighted by Crippen LogP contribution is -1.98. The summed E-state index contributed by atoms with van der Waals surface area (Å²) in [5, 5.41) is 0.606. The van der Waals surface area contributed by atoms with Crippen molar-refractivity contribution in [2.24, 2.45) is 0 Å². The maximum atomic E-state index is 6.10. The van der Waals surface area contributed by atoms with Crippen LogP contribution >= 0.6 is 11.6 Å². The van der Waals surface area contributed by atoms with Crippen molar-refractivity contribution in [3.63, 3.8) is 0 Å². The van der Waals surface area contributed by atoms with Gasteiger partial charge in [0.05, 0.1) is 19.2 Å². The van der Waals surface area contributed by atoms with Crippen LogP contribution in [0.3, 0.4) is 0 Å². The molecule has 1 aromatic rings. The summed E-state index contributed by atoms with van der Waals surface area (Å²) in [6.07, 6.45) is 2.78. The van der Waals surface area contributed by atoms with Crippen molar-refractivity contribution in [2.75, 3.05) is 14.2 Å². The predicted molar refractivity (Wildman–Crippen MR) is 67.8 cm³/mol. The summed E-state index contributed by atoms with van der Waals surface area (Å²) in [5.74, 6) is 1.76. The smallest absolute Gasteiger partial charge is 0.141 e. The third-order valence-electron chi connectivity index (χ3n) is 2.56. The van der Waals surface area contributed by atoms with Gasteiger partial charge in [-0.3, -0.25) is 0 Å². The van der Waals surface area contributed by atoms with Gasteiger partial charge in [-0.1, -0.05) is 24.6 Å². The molecule has 0 N–H and O–H groups in total. The zero-order valence-corrected chi connectivity index (χ0v) is 10.7. The van der Waals surface area contributed by atoms with Crippen LogP contribution in [-0.2, 0) is 0 Å². The molecule has 1 aromatic carbocycles. The topological polar surface area (TPSA) is 18.5 Å². The Labute approximate surface area is 102 Å². The maximum Gasteiger partial charge on any atom is 0.141 e. The molecule has 0 aliphatic rings. The van der Waals surface area contributed by atoms with E-state index in [1.807, 2.05) is 18.2 Å². The van der Waals surface area contributed by atoms with Gasteiger partial charge in [-0.2, -0.15) is 0 Å². The van der Waals surface area contributed by atoms with E-state index < -0.39 is 0 Å². The molecule has 0 spiro atoms. The SMILES string of the molecule is C=CCC(C)c1cc(Cl)c(OC)cc1OC. The summed E-state index contributed by atoms with van der Waals surface area (Å²) in [7, 11) is 3.24. The van der Waals surface area contributed by atoms with E-state index in [1.54, 1.807) is 14.2 Å². The summed E-state index contributed by atoms with van der Waals surface area (Å²) in [4.78, 5) is 0. The lowest BCUT2D eigenvalue weighted by Gasteiger charge is -2.16. The fraction of sp³-hybridized carbons (Fsp3) is 0.385. The highest BCUT2D eigenvalue weighted by Crippen LogP contribution is 2.37. The summed E-state index contributed by atoms with van der Waals surface area (Å²) in [5.41, 5.74) is 1.08. The summed E-state index contributed by atoms with van der Waals surface area (Å²) < 4.78 is 10.5. The minimum absolute atomic E-state index is 0.329. The Morgan fingerprint density at radius 2 is 1.94 bits per heavy atom. The highest BCUT2D eigenvalue weighted by Gasteiger charge is 2.14. The Hall–Kier alpha value is -1.15. The molecule has 1 unspecified atom stereocenters. The number of benzene rings is 1. The number of methoxy groups -OCH3 is 2. The minimum Gasteiger partial charge on any atom is -0.496 e. The van der Waals surface area contributed by atoms with E-state index in [4.69, 9.17) is 21.1 Å². The Kier molecular flexibility index (Phi) is 4.69. The third-order valence-corrected chi connectivity index (χ3v) is 2.85. The molecule has 3 heteroatoms. The minimum atomic E-state index is 0.329. The van der Waals surface area contributed by atoms with Gasteiger partial charge in [0, 0.05) is 6.07 Å². The van der Waals surface area contributed by atoms with Crippen LogP contribution in [-0.4, -0.2) is 14.2 Å². The van der Waals surface area contributed by atoms with Crippen LogP contribution in [0.15, 0.2) is 24.8 Å². The number of halogens is 1. The molecule has 0 aliphatic heterocycles. The van der Waals surface area contributed by atoms with E-state index in [0.717, 1.165) is 17.7 Å². The molecule has 1 rings (SSSR count). The molecule has 2 nitrogen and oxygen atoms in total. The normalized spacial score (nSPS) is 12.0. The second-order valence-corrected chi connectivity index (χ2v) is 4.06. The zero-order valence-electron chi connectivity index (χ0n) is 9.92. The number of allylic oxidation sites excluding steroid dienone is 1. The first-order chi connectivity index (χ1) is 7.63. The second-order valence-electron chi connectivity index (χ2n) is 3.65. The summed E-state index contributed by atoms with van der Waals surface area (Å²) >= 11 is 6.10. The first kappa shape index (κ1) is 12.9. The molecule has 0 aliphatic carbocycles. The Morgan fingerprint density at radius 1 is 1.31 bits per heavy atom. The molecule has 16 heavy (non-hydrogen) atoms. The van der Waals surface area contributed by atoms with Gasteiger partial charge in [-0.05, 0) is 24.0 Å². The van der Waals surface area contributed by atoms with E-state index in [9.17, 15) is 0 Å². The molecule has 0 saturated carbocycles. The highest BCUT2D eigenvalue weighted by atomic mass is 35.5. The van der Waals surface area contributed by atoms with Gasteiger partial charge >= 0.3 is 0 Å². The molecular weight excluding hydrogens is 224 g/mol. The van der Waals surface area contributed by atoms with E-state index in [1.165, 1.54) is 0 Å². The zero-order chi connectivity index (χ0) is 12.1. The standard InChI is InChI=1S/C13H17ClO2/c1-5-6-9(2)10-7-11(14)13(16-4)8-12(10)15-3/h5,7-9H,1,6H2,2-4H3. The first-order valence-electron chi connectivity index (χ1n) is 5.16. The van der Waals surface area contributed by atoms with Crippen molar-refractivity contribution < 1.29 is 9.47 Å². The molecule has 0 bridgehead atoms. The van der Waals surface area contributed by atoms with Crippen LogP contribution in [0.25, 0.3) is 0 Å². The first-order valence-corrected chi connectivity index (χ1v) is 5.54. The van der Waals surface area contributed by atoms with Crippen LogP contribution in [0.5, 0.6) is 11.5 Å². The molecule has 0 radical (unpaired) electrons. The van der Waals surface area contributed by atoms with Crippen LogP contribution in [0, 0.1) is 0 Å². The molecule has 0 saturated heterocycles. The predicted octanol–water partition coefficient (Wildman–Crippen LogP) is 4.04. The maximum absolute atomic E-state index is 6.10. The quantitative estimate of drug-likeness (QED) is 0.724. The lowest BCUT2D eigenvalue weighted by molar-refractivity contribution is 0.389.